The van der Waals surface area contributed by atoms with Gasteiger partial charge in [0.1, 0.15) is 5.82 Å². The van der Waals surface area contributed by atoms with Crippen molar-refractivity contribution >= 4 is 5.91 Å². The lowest BCUT2D eigenvalue weighted by Crippen LogP contribution is -2.33. The van der Waals surface area contributed by atoms with Crippen LogP contribution in [0.25, 0.3) is 11.1 Å². The van der Waals surface area contributed by atoms with Crippen LogP contribution in [0.15, 0.2) is 66.7 Å². The molecule has 3 aromatic carbocycles. The first kappa shape index (κ1) is 26.1. The number of benzene rings is 3. The molecule has 1 aliphatic heterocycles. The van der Waals surface area contributed by atoms with E-state index in [0.29, 0.717) is 17.7 Å². The molecule has 3 N–H and O–H groups in total. The summed E-state index contributed by atoms with van der Waals surface area (Å²) in [6.45, 7) is 4.79. The second kappa shape index (κ2) is 11.8. The number of rotatable bonds is 9. The molecule has 3 aromatic rings. The van der Waals surface area contributed by atoms with Gasteiger partial charge in [-0.25, -0.2) is 4.39 Å². The Morgan fingerprint density at radius 1 is 1.06 bits per heavy atom. The molecule has 190 valence electrons. The van der Waals surface area contributed by atoms with Crippen molar-refractivity contribution in [3.05, 3.63) is 94.8 Å². The summed E-state index contributed by atoms with van der Waals surface area (Å²) in [6.07, 6.45) is 4.61. The molecule has 5 heteroatoms. The monoisotopic (exact) mass is 488 g/mol. The fourth-order valence-corrected chi connectivity index (χ4v) is 5.26. The van der Waals surface area contributed by atoms with Crippen LogP contribution in [0.2, 0.25) is 0 Å². The topological polar surface area (TPSA) is 66.6 Å². The fourth-order valence-electron chi connectivity index (χ4n) is 5.26. The Bertz CT molecular complexity index is 1180. The van der Waals surface area contributed by atoms with E-state index in [1.807, 2.05) is 61.5 Å². The number of β-amino-alcohol motifs (C(OH)–C–C–N with tert-alkyl or cyclic N) is 1. The summed E-state index contributed by atoms with van der Waals surface area (Å²) in [5, 5.41) is 10.0. The number of hydrogen-bond donors (Lipinski definition) is 2. The highest BCUT2D eigenvalue weighted by Crippen LogP contribution is 2.39. The number of nitrogens with two attached hydrogens (primary N) is 1. The predicted octanol–water partition coefficient (Wildman–Crippen LogP) is 6.05. The van der Waals surface area contributed by atoms with Crippen LogP contribution in [0.3, 0.4) is 0 Å². The Labute approximate surface area is 214 Å². The van der Waals surface area contributed by atoms with Crippen molar-refractivity contribution in [2.45, 2.75) is 64.0 Å². The van der Waals surface area contributed by atoms with Crippen LogP contribution in [0.1, 0.15) is 72.0 Å². The smallest absolute Gasteiger partial charge is 0.254 e. The number of carbonyl (C=O) groups excluding carboxylic acids is 1. The van der Waals surface area contributed by atoms with E-state index < -0.39 is 12.1 Å². The van der Waals surface area contributed by atoms with E-state index >= 15 is 4.39 Å². The van der Waals surface area contributed by atoms with Crippen molar-refractivity contribution in [1.29, 1.82) is 0 Å². The summed E-state index contributed by atoms with van der Waals surface area (Å²) >= 11 is 0. The number of aliphatic hydroxyl groups excluding tert-OH is 1. The lowest BCUT2D eigenvalue weighted by molar-refractivity contribution is 0.0765. The van der Waals surface area contributed by atoms with Crippen LogP contribution in [-0.4, -0.2) is 41.1 Å². The zero-order chi connectivity index (χ0) is 25.7. The lowest BCUT2D eigenvalue weighted by Gasteiger charge is -2.23. The van der Waals surface area contributed by atoms with Crippen molar-refractivity contribution in [2.24, 2.45) is 5.73 Å². The molecule has 1 aliphatic rings. The average molecular weight is 489 g/mol. The van der Waals surface area contributed by atoms with Gasteiger partial charge >= 0.3 is 0 Å². The van der Waals surface area contributed by atoms with Gasteiger partial charge in [-0.15, -0.1) is 0 Å². The average Bonchev–Trinajstić information content (AvgIpc) is 3.21. The van der Waals surface area contributed by atoms with Crippen molar-refractivity contribution in [3.8, 4) is 11.1 Å². The van der Waals surface area contributed by atoms with Gasteiger partial charge in [-0.1, -0.05) is 86.7 Å². The van der Waals surface area contributed by atoms with Crippen LogP contribution in [0.4, 0.5) is 4.39 Å². The first-order valence-corrected chi connectivity index (χ1v) is 13.1. The predicted molar refractivity (Wildman–Crippen MR) is 144 cm³/mol. The molecule has 4 rings (SSSR count). The SMILES string of the molecule is CCCCCCC(c1cccc(C(=O)N2C[C@@H](N)[C@@H](O)C2)c1)c1cccc(F)c1-c1cccc(C)c1. The highest BCUT2D eigenvalue weighted by atomic mass is 19.1. The van der Waals surface area contributed by atoms with Crippen molar-refractivity contribution in [3.63, 3.8) is 0 Å². The van der Waals surface area contributed by atoms with Gasteiger partial charge in [0.05, 0.1) is 6.10 Å². The third kappa shape index (κ3) is 5.85. The summed E-state index contributed by atoms with van der Waals surface area (Å²) in [6, 6.07) is 20.6. The standard InChI is InChI=1S/C31H37FN2O2/c1-3-4-5-6-14-25(26-15-9-16-27(32)30(26)23-12-7-10-21(2)17-23)22-11-8-13-24(18-22)31(36)34-19-28(33)29(35)20-34/h7-13,15-18,25,28-29,35H,3-6,14,19-20,33H2,1-2H3/t25?,28-,29+/m1/s1. The number of halogens is 1. The molecule has 1 fully saturated rings. The first-order chi connectivity index (χ1) is 17.4. The maximum Gasteiger partial charge on any atom is 0.254 e. The molecule has 0 aromatic heterocycles. The molecule has 1 unspecified atom stereocenters. The zero-order valence-electron chi connectivity index (χ0n) is 21.3. The van der Waals surface area contributed by atoms with Gasteiger partial charge in [-0.2, -0.15) is 0 Å². The number of hydrogen-bond acceptors (Lipinski definition) is 3. The van der Waals surface area contributed by atoms with Gasteiger partial charge in [-0.3, -0.25) is 4.79 Å². The van der Waals surface area contributed by atoms with E-state index in [0.717, 1.165) is 54.4 Å². The van der Waals surface area contributed by atoms with Gasteiger partial charge in [-0.05, 0) is 48.2 Å². The quantitative estimate of drug-likeness (QED) is 0.361. The number of aliphatic hydroxyl groups is 1. The number of unbranched alkanes of at least 4 members (excludes halogenated alkanes) is 3. The number of nitrogens with zero attached hydrogens (tertiary/aromatic N) is 1. The van der Waals surface area contributed by atoms with Gasteiger partial charge in [0.15, 0.2) is 0 Å². The summed E-state index contributed by atoms with van der Waals surface area (Å²) in [7, 11) is 0. The first-order valence-electron chi connectivity index (χ1n) is 13.1. The largest absolute Gasteiger partial charge is 0.390 e. The van der Waals surface area contributed by atoms with Crippen molar-refractivity contribution < 1.29 is 14.3 Å². The molecule has 0 bridgehead atoms. The lowest BCUT2D eigenvalue weighted by atomic mass is 9.81. The number of carbonyl (C=O) groups is 1. The van der Waals surface area contributed by atoms with Crippen LogP contribution < -0.4 is 5.73 Å². The molecular formula is C31H37FN2O2. The molecule has 0 radical (unpaired) electrons. The Morgan fingerprint density at radius 3 is 2.56 bits per heavy atom. The molecule has 0 spiro atoms. The van der Waals surface area contributed by atoms with Crippen LogP contribution in [-0.2, 0) is 0 Å². The minimum atomic E-state index is -0.701. The van der Waals surface area contributed by atoms with Gasteiger partial charge in [0, 0.05) is 36.2 Å². The van der Waals surface area contributed by atoms with Crippen molar-refractivity contribution in [2.75, 3.05) is 13.1 Å². The Hall–Kier alpha value is -3.02. The van der Waals surface area contributed by atoms with Crippen molar-refractivity contribution in [1.82, 2.24) is 4.90 Å². The minimum Gasteiger partial charge on any atom is -0.390 e. The molecule has 3 atom stereocenters. The maximum atomic E-state index is 15.4. The second-order valence-corrected chi connectivity index (χ2v) is 10.0. The van der Waals surface area contributed by atoms with Crippen LogP contribution in [0.5, 0.6) is 0 Å². The summed E-state index contributed by atoms with van der Waals surface area (Å²) in [4.78, 5) is 14.8. The van der Waals surface area contributed by atoms with Crippen LogP contribution in [0, 0.1) is 12.7 Å². The third-order valence-corrected chi connectivity index (χ3v) is 7.23. The molecule has 1 saturated heterocycles. The number of likely N-dealkylation sites (tertiary alicyclic amines) is 1. The van der Waals surface area contributed by atoms with Gasteiger partial charge in [0.2, 0.25) is 0 Å². The summed E-state index contributed by atoms with van der Waals surface area (Å²) in [5.41, 5.74) is 11.0. The van der Waals surface area contributed by atoms with Gasteiger partial charge in [0.25, 0.3) is 5.91 Å². The van der Waals surface area contributed by atoms with E-state index in [4.69, 9.17) is 5.73 Å². The Morgan fingerprint density at radius 2 is 1.83 bits per heavy atom. The Kier molecular flexibility index (Phi) is 8.55. The third-order valence-electron chi connectivity index (χ3n) is 7.23. The maximum absolute atomic E-state index is 15.4. The molecule has 0 saturated carbocycles. The number of amides is 1. The van der Waals surface area contributed by atoms with E-state index in [2.05, 4.69) is 6.92 Å². The molecule has 1 amide bonds. The fraction of sp³-hybridized carbons (Fsp3) is 0.387. The minimum absolute atomic E-state index is 0.0488. The molecule has 36 heavy (non-hydrogen) atoms. The molecular weight excluding hydrogens is 451 g/mol. The summed E-state index contributed by atoms with van der Waals surface area (Å²) in [5.74, 6) is -0.414. The van der Waals surface area contributed by atoms with E-state index in [9.17, 15) is 9.90 Å². The van der Waals surface area contributed by atoms with Crippen LogP contribution >= 0.6 is 0 Å². The highest BCUT2D eigenvalue weighted by Gasteiger charge is 2.32. The molecule has 0 aliphatic carbocycles. The number of aryl methyl sites for hydroxylation is 1. The van der Waals surface area contributed by atoms with E-state index in [1.165, 1.54) is 6.07 Å². The normalized spacial score (nSPS) is 18.4. The van der Waals surface area contributed by atoms with E-state index in [1.54, 1.807) is 11.0 Å². The Balaban J connectivity index is 1.74. The highest BCUT2D eigenvalue weighted by molar-refractivity contribution is 5.94. The molecule has 1 heterocycles. The molecule has 4 nitrogen and oxygen atoms in total. The second-order valence-electron chi connectivity index (χ2n) is 10.0. The summed E-state index contributed by atoms with van der Waals surface area (Å²) < 4.78 is 15.4. The zero-order valence-corrected chi connectivity index (χ0v) is 21.3. The van der Waals surface area contributed by atoms with Gasteiger partial charge < -0.3 is 15.7 Å². The van der Waals surface area contributed by atoms with E-state index in [-0.39, 0.29) is 24.2 Å².